The molecule has 21 heavy (non-hydrogen) atoms. The molecule has 0 saturated heterocycles. The second kappa shape index (κ2) is 6.43. The molecule has 5 heteroatoms. The van der Waals surface area contributed by atoms with Crippen molar-refractivity contribution in [3.05, 3.63) is 42.2 Å². The third kappa shape index (κ3) is 3.42. The summed E-state index contributed by atoms with van der Waals surface area (Å²) in [5.74, 6) is 0.603. The molecule has 0 fully saturated rings. The molecule has 1 N–H and O–H groups in total. The lowest BCUT2D eigenvalue weighted by atomic mass is 10.1. The largest absolute Gasteiger partial charge is 0.493 e. The Balaban J connectivity index is 2.28. The number of nitrogens with one attached hydrogen (secondary N) is 1. The van der Waals surface area contributed by atoms with Crippen molar-refractivity contribution in [3.8, 4) is 11.4 Å². The predicted molar refractivity (Wildman–Crippen MR) is 81.9 cm³/mol. The van der Waals surface area contributed by atoms with Gasteiger partial charge in [-0.2, -0.15) is 5.10 Å². The van der Waals surface area contributed by atoms with Crippen molar-refractivity contribution in [2.24, 2.45) is 5.92 Å². The van der Waals surface area contributed by atoms with Crippen molar-refractivity contribution in [1.82, 2.24) is 15.1 Å². The van der Waals surface area contributed by atoms with E-state index in [-0.39, 0.29) is 11.9 Å². The molecular weight excluding hydrogens is 266 g/mol. The highest BCUT2D eigenvalue weighted by Crippen LogP contribution is 2.19. The summed E-state index contributed by atoms with van der Waals surface area (Å²) in [5.41, 5.74) is 1.18. The van der Waals surface area contributed by atoms with Gasteiger partial charge < -0.3 is 10.1 Å². The molecule has 0 aliphatic heterocycles. The van der Waals surface area contributed by atoms with E-state index in [1.54, 1.807) is 10.9 Å². The van der Waals surface area contributed by atoms with Crippen LogP contribution in [-0.4, -0.2) is 28.8 Å². The zero-order chi connectivity index (χ0) is 15.4. The summed E-state index contributed by atoms with van der Waals surface area (Å²) >= 11 is 0. The van der Waals surface area contributed by atoms with Gasteiger partial charge in [-0.25, -0.2) is 4.68 Å². The van der Waals surface area contributed by atoms with Gasteiger partial charge in [0.25, 0.3) is 5.91 Å². The summed E-state index contributed by atoms with van der Waals surface area (Å²) in [6.45, 7) is 6.10. The minimum Gasteiger partial charge on any atom is -0.493 e. The highest BCUT2D eigenvalue weighted by molar-refractivity contribution is 5.95. The summed E-state index contributed by atoms with van der Waals surface area (Å²) in [6, 6.07) is 9.69. The molecule has 1 atom stereocenters. The van der Waals surface area contributed by atoms with Crippen LogP contribution in [0.15, 0.2) is 36.5 Å². The number of ether oxygens (including phenoxy) is 1. The second-order valence-electron chi connectivity index (χ2n) is 5.33. The van der Waals surface area contributed by atoms with E-state index < -0.39 is 0 Å². The highest BCUT2D eigenvalue weighted by atomic mass is 16.5. The van der Waals surface area contributed by atoms with E-state index >= 15 is 0 Å². The van der Waals surface area contributed by atoms with Crippen LogP contribution < -0.4 is 10.1 Å². The normalized spacial score (nSPS) is 12.2. The molecule has 5 nitrogen and oxygen atoms in total. The fourth-order valence-electron chi connectivity index (χ4n) is 1.82. The number of carbonyl (C=O) groups excluding carboxylic acids is 1. The van der Waals surface area contributed by atoms with E-state index in [1.807, 2.05) is 37.3 Å². The summed E-state index contributed by atoms with van der Waals surface area (Å²) in [7, 11) is 1.54. The van der Waals surface area contributed by atoms with Crippen LogP contribution in [0.2, 0.25) is 0 Å². The van der Waals surface area contributed by atoms with Gasteiger partial charge in [-0.05, 0) is 25.0 Å². The van der Waals surface area contributed by atoms with Crippen molar-refractivity contribution in [1.29, 1.82) is 0 Å². The van der Waals surface area contributed by atoms with Crippen LogP contribution in [-0.2, 0) is 0 Å². The number of aromatic nitrogens is 2. The van der Waals surface area contributed by atoms with Crippen LogP contribution in [0.3, 0.4) is 0 Å². The molecule has 0 bridgehead atoms. The lowest BCUT2D eigenvalue weighted by Gasteiger charge is -2.16. The minimum atomic E-state index is -0.220. The molecule has 0 saturated carbocycles. The molecule has 1 unspecified atom stereocenters. The van der Waals surface area contributed by atoms with Crippen molar-refractivity contribution in [2.45, 2.75) is 26.8 Å². The third-order valence-electron chi connectivity index (χ3n) is 3.50. The van der Waals surface area contributed by atoms with Gasteiger partial charge in [0, 0.05) is 6.04 Å². The van der Waals surface area contributed by atoms with Crippen LogP contribution >= 0.6 is 0 Å². The van der Waals surface area contributed by atoms with Crippen LogP contribution in [0.5, 0.6) is 5.75 Å². The van der Waals surface area contributed by atoms with E-state index in [0.717, 1.165) is 5.69 Å². The lowest BCUT2D eigenvalue weighted by molar-refractivity contribution is 0.0922. The molecule has 0 spiro atoms. The summed E-state index contributed by atoms with van der Waals surface area (Å²) in [4.78, 5) is 12.3. The Morgan fingerprint density at radius 3 is 2.48 bits per heavy atom. The second-order valence-corrected chi connectivity index (χ2v) is 5.33. The predicted octanol–water partition coefficient (Wildman–Crippen LogP) is 2.66. The summed E-state index contributed by atoms with van der Waals surface area (Å²) in [5, 5.41) is 7.28. The van der Waals surface area contributed by atoms with Crippen LogP contribution in [0.1, 0.15) is 31.3 Å². The number of rotatable bonds is 5. The molecule has 1 aromatic heterocycles. The molecule has 1 aromatic carbocycles. The van der Waals surface area contributed by atoms with E-state index in [9.17, 15) is 4.79 Å². The topological polar surface area (TPSA) is 56.2 Å². The summed E-state index contributed by atoms with van der Waals surface area (Å²) < 4.78 is 6.91. The maximum atomic E-state index is 12.3. The number of hydrogen-bond acceptors (Lipinski definition) is 3. The van der Waals surface area contributed by atoms with Gasteiger partial charge in [0.2, 0.25) is 0 Å². The first-order valence-electron chi connectivity index (χ1n) is 7.03. The number of para-hydroxylation sites is 1. The number of benzene rings is 1. The fraction of sp³-hybridized carbons (Fsp3) is 0.375. The zero-order valence-electron chi connectivity index (χ0n) is 12.8. The zero-order valence-corrected chi connectivity index (χ0v) is 12.8. The fourth-order valence-corrected chi connectivity index (χ4v) is 1.82. The first kappa shape index (κ1) is 15.1. The van der Waals surface area contributed by atoms with E-state index in [0.29, 0.717) is 17.4 Å². The van der Waals surface area contributed by atoms with Crippen molar-refractivity contribution in [2.75, 3.05) is 7.11 Å². The SMILES string of the molecule is COc1cn(-c2ccccc2)nc1C(=O)NC(C)C(C)C. The van der Waals surface area contributed by atoms with Crippen molar-refractivity contribution in [3.63, 3.8) is 0 Å². The van der Waals surface area contributed by atoms with Crippen LogP contribution in [0, 0.1) is 5.92 Å². The summed E-state index contributed by atoms with van der Waals surface area (Å²) in [6.07, 6.45) is 1.71. The van der Waals surface area contributed by atoms with E-state index in [1.165, 1.54) is 7.11 Å². The molecule has 1 amide bonds. The number of hydrogen-bond donors (Lipinski definition) is 1. The highest BCUT2D eigenvalue weighted by Gasteiger charge is 2.20. The van der Waals surface area contributed by atoms with Crippen molar-refractivity contribution < 1.29 is 9.53 Å². The van der Waals surface area contributed by atoms with Gasteiger partial charge in [-0.3, -0.25) is 4.79 Å². The third-order valence-corrected chi connectivity index (χ3v) is 3.50. The molecule has 0 radical (unpaired) electrons. The van der Waals surface area contributed by atoms with Crippen LogP contribution in [0.25, 0.3) is 5.69 Å². The van der Waals surface area contributed by atoms with E-state index in [4.69, 9.17) is 4.74 Å². The lowest BCUT2D eigenvalue weighted by Crippen LogP contribution is -2.36. The number of carbonyl (C=O) groups is 1. The molecule has 2 aromatic rings. The van der Waals surface area contributed by atoms with Crippen molar-refractivity contribution >= 4 is 5.91 Å². The molecule has 0 aliphatic carbocycles. The first-order chi connectivity index (χ1) is 10.0. The Hall–Kier alpha value is -2.30. The van der Waals surface area contributed by atoms with Gasteiger partial charge in [0.05, 0.1) is 19.0 Å². The maximum absolute atomic E-state index is 12.3. The molecule has 112 valence electrons. The molecule has 2 rings (SSSR count). The quantitative estimate of drug-likeness (QED) is 0.919. The monoisotopic (exact) mass is 287 g/mol. The average molecular weight is 287 g/mol. The Kier molecular flexibility index (Phi) is 4.62. The number of nitrogens with zero attached hydrogens (tertiary/aromatic N) is 2. The number of methoxy groups -OCH3 is 1. The minimum absolute atomic E-state index is 0.0732. The average Bonchev–Trinajstić information content (AvgIpc) is 2.92. The Bertz CT molecular complexity index is 605. The standard InChI is InChI=1S/C16H21N3O2/c1-11(2)12(3)17-16(20)15-14(21-4)10-19(18-15)13-8-6-5-7-9-13/h5-12H,1-4H3,(H,17,20). The van der Waals surface area contributed by atoms with Gasteiger partial charge >= 0.3 is 0 Å². The van der Waals surface area contributed by atoms with Gasteiger partial charge in [0.1, 0.15) is 0 Å². The van der Waals surface area contributed by atoms with Gasteiger partial charge in [-0.1, -0.05) is 32.0 Å². The molecule has 1 heterocycles. The molecular formula is C16H21N3O2. The first-order valence-corrected chi connectivity index (χ1v) is 7.03. The Morgan fingerprint density at radius 1 is 1.24 bits per heavy atom. The van der Waals surface area contributed by atoms with E-state index in [2.05, 4.69) is 24.3 Å². The number of amides is 1. The Morgan fingerprint density at radius 2 is 1.90 bits per heavy atom. The smallest absolute Gasteiger partial charge is 0.275 e. The molecule has 0 aliphatic rings. The van der Waals surface area contributed by atoms with Gasteiger partial charge in [-0.15, -0.1) is 0 Å². The Labute approximate surface area is 124 Å². The van der Waals surface area contributed by atoms with Gasteiger partial charge in [0.15, 0.2) is 11.4 Å². The maximum Gasteiger partial charge on any atom is 0.275 e. The van der Waals surface area contributed by atoms with Crippen LogP contribution in [0.4, 0.5) is 0 Å².